The number of hydrogen-bond acceptors (Lipinski definition) is 5. The molecule has 2 aromatic rings. The van der Waals surface area contributed by atoms with Crippen LogP contribution in [0.15, 0.2) is 53.4 Å². The van der Waals surface area contributed by atoms with Crippen molar-refractivity contribution in [2.75, 3.05) is 26.7 Å². The van der Waals surface area contributed by atoms with Gasteiger partial charge in [-0.15, -0.1) is 0 Å². The van der Waals surface area contributed by atoms with Gasteiger partial charge in [-0.3, -0.25) is 4.79 Å². The number of carbonyl (C=O) groups is 1. The summed E-state index contributed by atoms with van der Waals surface area (Å²) >= 11 is 0. The van der Waals surface area contributed by atoms with Gasteiger partial charge in [0.15, 0.2) is 0 Å². The number of aliphatic carboxylic acids is 1. The lowest BCUT2D eigenvalue weighted by atomic mass is 9.89. The van der Waals surface area contributed by atoms with Crippen LogP contribution in [0.1, 0.15) is 26.7 Å². The number of carboxylic acid groups (broad SMARTS) is 1. The lowest BCUT2D eigenvalue weighted by Gasteiger charge is -2.35. The van der Waals surface area contributed by atoms with Gasteiger partial charge in [0, 0.05) is 6.54 Å². The van der Waals surface area contributed by atoms with Crippen molar-refractivity contribution in [1.82, 2.24) is 9.62 Å². The number of nitrogens with zero attached hydrogens (tertiary/aromatic N) is 1. The Morgan fingerprint density at radius 3 is 2.06 bits per heavy atom. The fourth-order valence-electron chi connectivity index (χ4n) is 4.18. The monoisotopic (exact) mass is 460 g/mol. The third-order valence-corrected chi connectivity index (χ3v) is 7.32. The van der Waals surface area contributed by atoms with Crippen LogP contribution in [0.2, 0.25) is 0 Å². The van der Waals surface area contributed by atoms with Gasteiger partial charge in [-0.25, -0.2) is 8.42 Å². The van der Waals surface area contributed by atoms with E-state index in [2.05, 4.69) is 23.5 Å². The molecular formula is C24H32N2O5S. The smallest absolute Gasteiger partial charge is 0.322 e. The Morgan fingerprint density at radius 1 is 1.06 bits per heavy atom. The van der Waals surface area contributed by atoms with E-state index < -0.39 is 22.0 Å². The van der Waals surface area contributed by atoms with Crippen LogP contribution < -0.4 is 9.46 Å². The van der Waals surface area contributed by atoms with Gasteiger partial charge >= 0.3 is 5.97 Å². The van der Waals surface area contributed by atoms with Crippen molar-refractivity contribution in [3.05, 3.63) is 48.5 Å². The molecular weight excluding hydrogens is 428 g/mol. The first kappa shape index (κ1) is 24.2. The fourth-order valence-corrected chi connectivity index (χ4v) is 5.44. The molecule has 0 amide bonds. The summed E-state index contributed by atoms with van der Waals surface area (Å²) in [4.78, 5) is 14.3. The van der Waals surface area contributed by atoms with Crippen LogP contribution in [0.5, 0.6) is 5.75 Å². The summed E-state index contributed by atoms with van der Waals surface area (Å²) < 4.78 is 33.5. The number of benzene rings is 2. The molecule has 3 rings (SSSR count). The van der Waals surface area contributed by atoms with Crippen molar-refractivity contribution in [1.29, 1.82) is 0 Å². The first-order valence-corrected chi connectivity index (χ1v) is 12.4. The second kappa shape index (κ2) is 10.5. The second-order valence-corrected chi connectivity index (χ2v) is 10.4. The van der Waals surface area contributed by atoms with E-state index in [9.17, 15) is 18.3 Å². The molecule has 0 saturated carbocycles. The SMILES string of the molecule is COc1ccc(-c2ccc(S(=O)(=O)NC(C(=O)O)C3CCN(CC(C)C)CC3)cc2)cc1. The largest absolute Gasteiger partial charge is 0.497 e. The number of hydrogen-bond donors (Lipinski definition) is 2. The first-order valence-electron chi connectivity index (χ1n) is 10.9. The zero-order valence-corrected chi connectivity index (χ0v) is 19.6. The Balaban J connectivity index is 1.69. The summed E-state index contributed by atoms with van der Waals surface area (Å²) in [7, 11) is -2.36. The van der Waals surface area contributed by atoms with Crippen molar-refractivity contribution in [2.45, 2.75) is 37.6 Å². The van der Waals surface area contributed by atoms with E-state index in [0.29, 0.717) is 18.8 Å². The predicted molar refractivity (Wildman–Crippen MR) is 124 cm³/mol. The van der Waals surface area contributed by atoms with Crippen LogP contribution in [0, 0.1) is 11.8 Å². The van der Waals surface area contributed by atoms with Gasteiger partial charge in [0.2, 0.25) is 10.0 Å². The Hall–Kier alpha value is -2.42. The van der Waals surface area contributed by atoms with Gasteiger partial charge in [-0.05, 0) is 73.2 Å². The summed E-state index contributed by atoms with van der Waals surface area (Å²) in [6.07, 6.45) is 1.31. The van der Waals surface area contributed by atoms with Crippen LogP contribution >= 0.6 is 0 Å². The van der Waals surface area contributed by atoms with Crippen molar-refractivity contribution >= 4 is 16.0 Å². The van der Waals surface area contributed by atoms with Gasteiger partial charge in [0.05, 0.1) is 12.0 Å². The number of nitrogens with one attached hydrogen (secondary N) is 1. The molecule has 8 heteroatoms. The molecule has 2 aromatic carbocycles. The number of sulfonamides is 1. The molecule has 0 bridgehead atoms. The van der Waals surface area contributed by atoms with E-state index in [1.807, 2.05) is 24.3 Å². The van der Waals surface area contributed by atoms with E-state index in [-0.39, 0.29) is 10.8 Å². The van der Waals surface area contributed by atoms with Gasteiger partial charge in [0.1, 0.15) is 11.8 Å². The van der Waals surface area contributed by atoms with Gasteiger partial charge in [-0.1, -0.05) is 38.1 Å². The van der Waals surface area contributed by atoms with Crippen molar-refractivity contribution in [3.8, 4) is 16.9 Å². The lowest BCUT2D eigenvalue weighted by molar-refractivity contribution is -0.140. The Morgan fingerprint density at radius 2 is 1.59 bits per heavy atom. The molecule has 1 atom stereocenters. The molecule has 1 fully saturated rings. The normalized spacial score (nSPS) is 16.8. The maximum absolute atomic E-state index is 12.9. The van der Waals surface area contributed by atoms with E-state index in [0.717, 1.165) is 36.5 Å². The number of piperidine rings is 1. The summed E-state index contributed by atoms with van der Waals surface area (Å²) in [5.74, 6) is -0.0805. The molecule has 1 aliphatic heterocycles. The molecule has 174 valence electrons. The highest BCUT2D eigenvalue weighted by Crippen LogP contribution is 2.26. The van der Waals surface area contributed by atoms with Crippen LogP contribution in [0.4, 0.5) is 0 Å². The Bertz CT molecular complexity index is 996. The molecule has 7 nitrogen and oxygen atoms in total. The molecule has 1 heterocycles. The van der Waals surface area contributed by atoms with Gasteiger partial charge in [-0.2, -0.15) is 4.72 Å². The minimum atomic E-state index is -3.96. The van der Waals surface area contributed by atoms with Gasteiger partial charge < -0.3 is 14.7 Å². The van der Waals surface area contributed by atoms with Crippen molar-refractivity contribution < 1.29 is 23.1 Å². The summed E-state index contributed by atoms with van der Waals surface area (Å²) in [5.41, 5.74) is 1.79. The lowest BCUT2D eigenvalue weighted by Crippen LogP contribution is -2.49. The molecule has 0 spiro atoms. The minimum Gasteiger partial charge on any atom is -0.497 e. The molecule has 0 radical (unpaired) electrons. The fraction of sp³-hybridized carbons (Fsp3) is 0.458. The van der Waals surface area contributed by atoms with Crippen LogP contribution in [0.25, 0.3) is 11.1 Å². The number of carboxylic acids is 1. The molecule has 1 saturated heterocycles. The number of ether oxygens (including phenoxy) is 1. The highest BCUT2D eigenvalue weighted by atomic mass is 32.2. The summed E-state index contributed by atoms with van der Waals surface area (Å²) in [6, 6.07) is 12.8. The quantitative estimate of drug-likeness (QED) is 0.595. The van der Waals surface area contributed by atoms with E-state index in [4.69, 9.17) is 4.74 Å². The minimum absolute atomic E-state index is 0.0539. The Kier molecular flexibility index (Phi) is 7.92. The molecule has 1 unspecified atom stereocenters. The first-order chi connectivity index (χ1) is 15.2. The topological polar surface area (TPSA) is 95.9 Å². The zero-order chi connectivity index (χ0) is 23.3. The predicted octanol–water partition coefficient (Wildman–Crippen LogP) is 3.46. The van der Waals surface area contributed by atoms with E-state index >= 15 is 0 Å². The number of rotatable bonds is 9. The highest BCUT2D eigenvalue weighted by Gasteiger charge is 2.35. The summed E-state index contributed by atoms with van der Waals surface area (Å²) in [5, 5.41) is 9.73. The zero-order valence-electron chi connectivity index (χ0n) is 18.8. The van der Waals surface area contributed by atoms with Crippen LogP contribution in [-0.2, 0) is 14.8 Å². The maximum atomic E-state index is 12.9. The standard InChI is InChI=1S/C24H32N2O5S/c1-17(2)16-26-14-12-20(13-15-26)23(24(27)28)25-32(29,30)22-10-6-19(7-11-22)18-4-8-21(31-3)9-5-18/h4-11,17,20,23,25H,12-16H2,1-3H3,(H,27,28). The highest BCUT2D eigenvalue weighted by molar-refractivity contribution is 7.89. The summed E-state index contributed by atoms with van der Waals surface area (Å²) in [6.45, 7) is 6.84. The second-order valence-electron chi connectivity index (χ2n) is 8.72. The average molecular weight is 461 g/mol. The molecule has 0 aromatic heterocycles. The van der Waals surface area contributed by atoms with E-state index in [1.165, 1.54) is 12.1 Å². The number of methoxy groups -OCH3 is 1. The Labute approximate surface area is 190 Å². The third-order valence-electron chi connectivity index (χ3n) is 5.86. The molecule has 0 aliphatic carbocycles. The van der Waals surface area contributed by atoms with Crippen molar-refractivity contribution in [3.63, 3.8) is 0 Å². The van der Waals surface area contributed by atoms with Crippen molar-refractivity contribution in [2.24, 2.45) is 11.8 Å². The molecule has 32 heavy (non-hydrogen) atoms. The van der Waals surface area contributed by atoms with Crippen LogP contribution in [-0.4, -0.2) is 57.2 Å². The van der Waals surface area contributed by atoms with E-state index in [1.54, 1.807) is 19.2 Å². The molecule has 1 aliphatic rings. The van der Waals surface area contributed by atoms with Gasteiger partial charge in [0.25, 0.3) is 0 Å². The third kappa shape index (κ3) is 6.09. The molecule has 2 N–H and O–H groups in total. The van der Waals surface area contributed by atoms with Crippen LogP contribution in [0.3, 0.4) is 0 Å². The number of likely N-dealkylation sites (tertiary alicyclic amines) is 1. The average Bonchev–Trinajstić information content (AvgIpc) is 2.78. The maximum Gasteiger partial charge on any atom is 0.322 e.